The summed E-state index contributed by atoms with van der Waals surface area (Å²) in [5, 5.41) is 3.22. The zero-order valence-electron chi connectivity index (χ0n) is 8.42. The van der Waals surface area contributed by atoms with E-state index in [9.17, 15) is 4.79 Å². The van der Waals surface area contributed by atoms with E-state index < -0.39 is 0 Å². The molecule has 0 aromatic heterocycles. The van der Waals surface area contributed by atoms with Gasteiger partial charge in [-0.2, -0.15) is 0 Å². The summed E-state index contributed by atoms with van der Waals surface area (Å²) in [6, 6.07) is 7.83. The Morgan fingerprint density at radius 2 is 2.21 bits per heavy atom. The van der Waals surface area contributed by atoms with Crippen molar-refractivity contribution < 1.29 is 4.79 Å². The van der Waals surface area contributed by atoms with Crippen LogP contribution in [0.3, 0.4) is 0 Å². The summed E-state index contributed by atoms with van der Waals surface area (Å²) in [4.78, 5) is 12.0. The number of hydrogen-bond acceptors (Lipinski definition) is 2. The molecule has 1 aromatic rings. The summed E-state index contributed by atoms with van der Waals surface area (Å²) in [7, 11) is 0. The van der Waals surface area contributed by atoms with E-state index in [0.29, 0.717) is 5.78 Å². The van der Waals surface area contributed by atoms with Crippen LogP contribution in [0.5, 0.6) is 0 Å². The molecule has 1 unspecified atom stereocenters. The summed E-state index contributed by atoms with van der Waals surface area (Å²) in [6.45, 7) is 3.81. The molecule has 0 spiro atoms. The molecule has 2 heteroatoms. The van der Waals surface area contributed by atoms with E-state index in [-0.39, 0.29) is 5.92 Å². The van der Waals surface area contributed by atoms with Crippen LogP contribution in [0.25, 0.3) is 0 Å². The van der Waals surface area contributed by atoms with Gasteiger partial charge >= 0.3 is 0 Å². The summed E-state index contributed by atoms with van der Waals surface area (Å²) in [5.74, 6) is 0.490. The first kappa shape index (κ1) is 9.41. The number of aryl methyl sites for hydroxylation is 1. The van der Waals surface area contributed by atoms with E-state index in [1.165, 1.54) is 0 Å². The maximum atomic E-state index is 12.0. The lowest BCUT2D eigenvalue weighted by Crippen LogP contribution is -2.18. The lowest BCUT2D eigenvalue weighted by molar-refractivity contribution is 0.0930. The number of carbonyl (C=O) groups excluding carboxylic acids is 1. The van der Waals surface area contributed by atoms with E-state index in [0.717, 1.165) is 30.6 Å². The maximum Gasteiger partial charge on any atom is 0.167 e. The van der Waals surface area contributed by atoms with Crippen molar-refractivity contribution in [2.75, 3.05) is 13.1 Å². The minimum Gasteiger partial charge on any atom is -0.316 e. The minimum atomic E-state index is 0.191. The first-order valence-corrected chi connectivity index (χ1v) is 5.09. The van der Waals surface area contributed by atoms with Crippen LogP contribution < -0.4 is 5.32 Å². The molecule has 1 fully saturated rings. The van der Waals surface area contributed by atoms with Crippen LogP contribution in [0.1, 0.15) is 22.3 Å². The largest absolute Gasteiger partial charge is 0.316 e. The van der Waals surface area contributed by atoms with Crippen molar-refractivity contribution in [3.63, 3.8) is 0 Å². The highest BCUT2D eigenvalue weighted by molar-refractivity contribution is 5.99. The van der Waals surface area contributed by atoms with Crippen molar-refractivity contribution in [2.45, 2.75) is 13.3 Å². The molecule has 14 heavy (non-hydrogen) atoms. The number of ketones is 1. The molecule has 0 radical (unpaired) electrons. The average molecular weight is 189 g/mol. The van der Waals surface area contributed by atoms with Crippen LogP contribution in [-0.2, 0) is 0 Å². The molecule has 0 saturated carbocycles. The van der Waals surface area contributed by atoms with Gasteiger partial charge in [-0.25, -0.2) is 0 Å². The number of carbonyl (C=O) groups is 1. The molecular weight excluding hydrogens is 174 g/mol. The highest BCUT2D eigenvalue weighted by atomic mass is 16.1. The highest BCUT2D eigenvalue weighted by Crippen LogP contribution is 2.17. The monoisotopic (exact) mass is 189 g/mol. The Morgan fingerprint density at radius 3 is 2.86 bits per heavy atom. The predicted molar refractivity (Wildman–Crippen MR) is 56.5 cm³/mol. The molecule has 1 atom stereocenters. The Kier molecular flexibility index (Phi) is 2.64. The fraction of sp³-hybridized carbons (Fsp3) is 0.417. The zero-order chi connectivity index (χ0) is 9.97. The van der Waals surface area contributed by atoms with Gasteiger partial charge in [-0.05, 0) is 25.5 Å². The lowest BCUT2D eigenvalue weighted by atomic mass is 9.94. The Labute approximate surface area is 84.3 Å². The van der Waals surface area contributed by atoms with Gasteiger partial charge in [0.25, 0.3) is 0 Å². The van der Waals surface area contributed by atoms with Crippen LogP contribution in [0.4, 0.5) is 0 Å². The van der Waals surface area contributed by atoms with E-state index in [2.05, 4.69) is 5.32 Å². The Bertz CT molecular complexity index is 340. The average Bonchev–Trinajstić information content (AvgIpc) is 2.70. The van der Waals surface area contributed by atoms with Crippen LogP contribution in [0, 0.1) is 12.8 Å². The molecule has 0 amide bonds. The smallest absolute Gasteiger partial charge is 0.167 e. The zero-order valence-corrected chi connectivity index (χ0v) is 8.42. The fourth-order valence-electron chi connectivity index (χ4n) is 1.95. The predicted octanol–water partition coefficient (Wildman–Crippen LogP) is 1.79. The third-order valence-electron chi connectivity index (χ3n) is 2.84. The van der Waals surface area contributed by atoms with Crippen molar-refractivity contribution >= 4 is 5.78 Å². The summed E-state index contributed by atoms with van der Waals surface area (Å²) < 4.78 is 0. The van der Waals surface area contributed by atoms with Gasteiger partial charge in [-0.1, -0.05) is 24.3 Å². The number of benzene rings is 1. The third kappa shape index (κ3) is 1.70. The Hall–Kier alpha value is -1.15. The molecule has 74 valence electrons. The van der Waals surface area contributed by atoms with Crippen molar-refractivity contribution in [3.8, 4) is 0 Å². The number of Topliss-reactive ketones (excluding diaryl/α,β-unsaturated/α-hetero) is 1. The summed E-state index contributed by atoms with van der Waals surface area (Å²) >= 11 is 0. The lowest BCUT2D eigenvalue weighted by Gasteiger charge is -2.09. The maximum absolute atomic E-state index is 12.0. The van der Waals surface area contributed by atoms with Gasteiger partial charge in [0.15, 0.2) is 5.78 Å². The van der Waals surface area contributed by atoms with E-state index >= 15 is 0 Å². The van der Waals surface area contributed by atoms with E-state index in [1.54, 1.807) is 0 Å². The van der Waals surface area contributed by atoms with Crippen LogP contribution in [0.2, 0.25) is 0 Å². The first-order chi connectivity index (χ1) is 6.79. The molecule has 2 rings (SSSR count). The van der Waals surface area contributed by atoms with Crippen LogP contribution in [-0.4, -0.2) is 18.9 Å². The second-order valence-corrected chi connectivity index (χ2v) is 3.87. The van der Waals surface area contributed by atoms with E-state index in [1.807, 2.05) is 31.2 Å². The number of nitrogens with one attached hydrogen (secondary N) is 1. The van der Waals surface area contributed by atoms with Gasteiger partial charge in [-0.15, -0.1) is 0 Å². The van der Waals surface area contributed by atoms with Crippen LogP contribution in [0.15, 0.2) is 24.3 Å². The van der Waals surface area contributed by atoms with Gasteiger partial charge < -0.3 is 5.32 Å². The minimum absolute atomic E-state index is 0.191. The first-order valence-electron chi connectivity index (χ1n) is 5.09. The topological polar surface area (TPSA) is 29.1 Å². The van der Waals surface area contributed by atoms with Crippen molar-refractivity contribution in [1.29, 1.82) is 0 Å². The van der Waals surface area contributed by atoms with E-state index in [4.69, 9.17) is 0 Å². The highest BCUT2D eigenvalue weighted by Gasteiger charge is 2.24. The molecule has 1 aliphatic rings. The van der Waals surface area contributed by atoms with Gasteiger partial charge in [0.2, 0.25) is 0 Å². The number of rotatable bonds is 2. The van der Waals surface area contributed by atoms with Crippen molar-refractivity contribution in [2.24, 2.45) is 5.92 Å². The standard InChI is InChI=1S/C12H15NO/c1-9-4-2-3-5-11(9)12(14)10-6-7-13-8-10/h2-5,10,13H,6-8H2,1H3. The molecule has 0 bridgehead atoms. The molecule has 2 nitrogen and oxygen atoms in total. The molecule has 1 saturated heterocycles. The molecule has 0 aliphatic carbocycles. The second kappa shape index (κ2) is 3.93. The summed E-state index contributed by atoms with van der Waals surface area (Å²) in [5.41, 5.74) is 1.98. The summed E-state index contributed by atoms with van der Waals surface area (Å²) in [6.07, 6.45) is 0.979. The van der Waals surface area contributed by atoms with Gasteiger partial charge in [0.05, 0.1) is 0 Å². The van der Waals surface area contributed by atoms with Gasteiger partial charge in [0.1, 0.15) is 0 Å². The quantitative estimate of drug-likeness (QED) is 0.719. The molecule has 1 aromatic carbocycles. The van der Waals surface area contributed by atoms with Crippen molar-refractivity contribution in [1.82, 2.24) is 5.32 Å². The molecule has 1 heterocycles. The normalized spacial score (nSPS) is 21.1. The molecule has 1 aliphatic heterocycles. The molecular formula is C12H15NO. The van der Waals surface area contributed by atoms with Crippen LogP contribution >= 0.6 is 0 Å². The SMILES string of the molecule is Cc1ccccc1C(=O)C1CCNC1. The fourth-order valence-corrected chi connectivity index (χ4v) is 1.95. The number of hydrogen-bond donors (Lipinski definition) is 1. The van der Waals surface area contributed by atoms with Crippen molar-refractivity contribution in [3.05, 3.63) is 35.4 Å². The Balaban J connectivity index is 2.22. The van der Waals surface area contributed by atoms with Gasteiger partial charge in [-0.3, -0.25) is 4.79 Å². The molecule has 1 N–H and O–H groups in total. The second-order valence-electron chi connectivity index (χ2n) is 3.87. The third-order valence-corrected chi connectivity index (χ3v) is 2.84. The van der Waals surface area contributed by atoms with Gasteiger partial charge in [0, 0.05) is 18.0 Å². The Morgan fingerprint density at radius 1 is 1.43 bits per heavy atom.